The van der Waals surface area contributed by atoms with Crippen LogP contribution >= 0.6 is 11.8 Å². The SMILES string of the molecule is C=CCN(CCCCC)C(=O)C1N([C@@H](CO)CC(C)C)C(=O)[C@@H]2[C@@H](C(=O)OCC)[C@@]3(C)CCC12S3. The Morgan fingerprint density at radius 2 is 2.03 bits per heavy atom. The van der Waals surface area contributed by atoms with E-state index in [0.29, 0.717) is 25.9 Å². The Morgan fingerprint density at radius 3 is 2.60 bits per heavy atom. The summed E-state index contributed by atoms with van der Waals surface area (Å²) in [6.45, 7) is 15.0. The van der Waals surface area contributed by atoms with Crippen LogP contribution in [0.3, 0.4) is 0 Å². The molecule has 1 N–H and O–H groups in total. The number of likely N-dealkylation sites (tertiary alicyclic amines) is 1. The number of carbonyl (C=O) groups excluding carboxylic acids is 3. The summed E-state index contributed by atoms with van der Waals surface area (Å²) >= 11 is 1.65. The van der Waals surface area contributed by atoms with Crippen LogP contribution in [0.2, 0.25) is 0 Å². The molecule has 6 atom stereocenters. The van der Waals surface area contributed by atoms with Crippen LogP contribution in [0.5, 0.6) is 0 Å². The Labute approximate surface area is 215 Å². The predicted molar refractivity (Wildman–Crippen MR) is 139 cm³/mol. The van der Waals surface area contributed by atoms with Gasteiger partial charge in [0.2, 0.25) is 11.8 Å². The van der Waals surface area contributed by atoms with Gasteiger partial charge in [-0.15, -0.1) is 18.3 Å². The quantitative estimate of drug-likeness (QED) is 0.232. The first kappa shape index (κ1) is 28.0. The van der Waals surface area contributed by atoms with Crippen molar-refractivity contribution in [2.45, 2.75) is 94.7 Å². The smallest absolute Gasteiger partial charge is 0.311 e. The first-order valence-corrected chi connectivity index (χ1v) is 14.1. The summed E-state index contributed by atoms with van der Waals surface area (Å²) < 4.78 is 4.33. The molecule has 2 amide bonds. The molecule has 198 valence electrons. The summed E-state index contributed by atoms with van der Waals surface area (Å²) in [5, 5.41) is 10.4. The van der Waals surface area contributed by atoms with E-state index in [1.54, 1.807) is 29.7 Å². The maximum Gasteiger partial charge on any atom is 0.311 e. The third-order valence-electron chi connectivity index (χ3n) is 8.03. The largest absolute Gasteiger partial charge is 0.466 e. The molecule has 3 saturated heterocycles. The normalized spacial score (nSPS) is 32.1. The van der Waals surface area contributed by atoms with E-state index in [4.69, 9.17) is 4.74 Å². The third-order valence-corrected chi connectivity index (χ3v) is 10.0. The average Bonchev–Trinajstić information content (AvgIpc) is 3.37. The van der Waals surface area contributed by atoms with Crippen molar-refractivity contribution < 1.29 is 24.2 Å². The van der Waals surface area contributed by atoms with Gasteiger partial charge in [-0.25, -0.2) is 0 Å². The summed E-state index contributed by atoms with van der Waals surface area (Å²) in [6.07, 6.45) is 6.74. The molecular weight excluding hydrogens is 464 g/mol. The highest BCUT2D eigenvalue weighted by Crippen LogP contribution is 2.71. The number of carbonyl (C=O) groups is 3. The van der Waals surface area contributed by atoms with Crippen LogP contribution in [0.15, 0.2) is 12.7 Å². The highest BCUT2D eigenvalue weighted by molar-refractivity contribution is 8.02. The molecule has 3 aliphatic rings. The average molecular weight is 509 g/mol. The van der Waals surface area contributed by atoms with Gasteiger partial charge in [0, 0.05) is 17.8 Å². The number of nitrogens with zero attached hydrogens (tertiary/aromatic N) is 2. The lowest BCUT2D eigenvalue weighted by Gasteiger charge is -2.40. The molecule has 2 unspecified atom stereocenters. The second kappa shape index (κ2) is 11.2. The zero-order valence-corrected chi connectivity index (χ0v) is 22.9. The first-order valence-electron chi connectivity index (χ1n) is 13.3. The van der Waals surface area contributed by atoms with Gasteiger partial charge in [-0.3, -0.25) is 14.4 Å². The lowest BCUT2D eigenvalue weighted by Crippen LogP contribution is -2.57. The van der Waals surface area contributed by atoms with Gasteiger partial charge >= 0.3 is 5.97 Å². The first-order chi connectivity index (χ1) is 16.6. The van der Waals surface area contributed by atoms with Crippen molar-refractivity contribution in [1.82, 2.24) is 9.80 Å². The van der Waals surface area contributed by atoms with E-state index in [0.717, 1.165) is 25.7 Å². The topological polar surface area (TPSA) is 87.2 Å². The van der Waals surface area contributed by atoms with Crippen molar-refractivity contribution in [1.29, 1.82) is 0 Å². The van der Waals surface area contributed by atoms with E-state index >= 15 is 0 Å². The minimum absolute atomic E-state index is 0.0830. The summed E-state index contributed by atoms with van der Waals surface area (Å²) in [5.41, 5.74) is 0. The minimum Gasteiger partial charge on any atom is -0.466 e. The maximum absolute atomic E-state index is 14.3. The van der Waals surface area contributed by atoms with Gasteiger partial charge in [0.05, 0.1) is 35.8 Å². The molecule has 3 heterocycles. The Balaban J connectivity index is 2.08. The molecule has 1 spiro atoms. The molecule has 0 aliphatic carbocycles. The summed E-state index contributed by atoms with van der Waals surface area (Å²) in [7, 11) is 0. The Bertz CT molecular complexity index is 819. The molecule has 3 aliphatic heterocycles. The molecule has 8 heteroatoms. The Morgan fingerprint density at radius 1 is 1.31 bits per heavy atom. The van der Waals surface area contributed by atoms with E-state index in [1.165, 1.54) is 0 Å². The molecule has 0 aromatic carbocycles. The molecule has 35 heavy (non-hydrogen) atoms. The highest BCUT2D eigenvalue weighted by Gasteiger charge is 2.78. The summed E-state index contributed by atoms with van der Waals surface area (Å²) in [5.74, 6) is -1.55. The van der Waals surface area contributed by atoms with Crippen LogP contribution in [-0.4, -0.2) is 80.6 Å². The molecule has 0 aromatic rings. The lowest BCUT2D eigenvalue weighted by molar-refractivity contribution is -0.155. The highest BCUT2D eigenvalue weighted by atomic mass is 32.2. The number of thioether (sulfide) groups is 1. The molecule has 0 aromatic heterocycles. The third kappa shape index (κ3) is 4.89. The Kier molecular flexibility index (Phi) is 9.01. The maximum atomic E-state index is 14.3. The molecule has 0 saturated carbocycles. The van der Waals surface area contributed by atoms with Gasteiger partial charge in [-0.05, 0) is 45.4 Å². The molecular formula is C27H44N2O5S. The van der Waals surface area contributed by atoms with E-state index in [-0.39, 0.29) is 36.9 Å². The number of aliphatic hydroxyl groups excluding tert-OH is 1. The molecule has 7 nitrogen and oxygen atoms in total. The van der Waals surface area contributed by atoms with Gasteiger partial charge in [-0.1, -0.05) is 39.7 Å². The number of amides is 2. The van der Waals surface area contributed by atoms with Gasteiger partial charge < -0.3 is 19.6 Å². The predicted octanol–water partition coefficient (Wildman–Crippen LogP) is 3.64. The lowest BCUT2D eigenvalue weighted by atomic mass is 9.66. The van der Waals surface area contributed by atoms with Gasteiger partial charge in [0.15, 0.2) is 0 Å². The van der Waals surface area contributed by atoms with Crippen molar-refractivity contribution in [3.05, 3.63) is 12.7 Å². The number of hydrogen-bond acceptors (Lipinski definition) is 6. The monoisotopic (exact) mass is 508 g/mol. The number of rotatable bonds is 13. The van der Waals surface area contributed by atoms with Crippen molar-refractivity contribution in [3.63, 3.8) is 0 Å². The second-order valence-corrected chi connectivity index (χ2v) is 12.9. The van der Waals surface area contributed by atoms with Crippen LogP contribution in [0.4, 0.5) is 0 Å². The van der Waals surface area contributed by atoms with Crippen LogP contribution in [0, 0.1) is 17.8 Å². The number of ether oxygens (including phenoxy) is 1. The van der Waals surface area contributed by atoms with E-state index < -0.39 is 33.4 Å². The number of unbranched alkanes of at least 4 members (excludes halogenated alkanes) is 2. The van der Waals surface area contributed by atoms with Crippen molar-refractivity contribution >= 4 is 29.5 Å². The number of hydrogen-bond donors (Lipinski definition) is 1. The van der Waals surface area contributed by atoms with Gasteiger partial charge in [-0.2, -0.15) is 0 Å². The van der Waals surface area contributed by atoms with Gasteiger partial charge in [0.1, 0.15) is 6.04 Å². The Hall–Kier alpha value is -1.54. The summed E-state index contributed by atoms with van der Waals surface area (Å²) in [4.78, 5) is 45.1. The summed E-state index contributed by atoms with van der Waals surface area (Å²) in [6, 6.07) is -1.17. The zero-order valence-electron chi connectivity index (χ0n) is 22.1. The van der Waals surface area contributed by atoms with Crippen LogP contribution in [-0.2, 0) is 19.1 Å². The fraction of sp³-hybridized carbons (Fsp3) is 0.815. The molecule has 3 fully saturated rings. The second-order valence-electron chi connectivity index (χ2n) is 11.0. The van der Waals surface area contributed by atoms with Gasteiger partial charge in [0.25, 0.3) is 0 Å². The van der Waals surface area contributed by atoms with Crippen molar-refractivity contribution in [2.24, 2.45) is 17.8 Å². The minimum atomic E-state index is -0.705. The van der Waals surface area contributed by atoms with E-state index in [2.05, 4.69) is 27.4 Å². The van der Waals surface area contributed by atoms with Crippen LogP contribution < -0.4 is 0 Å². The number of aliphatic hydroxyl groups is 1. The zero-order chi connectivity index (χ0) is 26.0. The van der Waals surface area contributed by atoms with Crippen LogP contribution in [0.25, 0.3) is 0 Å². The fourth-order valence-corrected chi connectivity index (χ4v) is 8.94. The number of fused-ring (bicyclic) bond motifs is 1. The van der Waals surface area contributed by atoms with Crippen molar-refractivity contribution in [3.8, 4) is 0 Å². The fourth-order valence-electron chi connectivity index (χ4n) is 6.62. The number of esters is 1. The van der Waals surface area contributed by atoms with Crippen LogP contribution in [0.1, 0.15) is 73.1 Å². The van der Waals surface area contributed by atoms with E-state index in [9.17, 15) is 19.5 Å². The standard InChI is InChI=1S/C27H44N2O5S/c1-7-10-11-15-28(14-8-2)24(32)22-27-13-12-26(6,35-27)21(25(33)34-9-3)20(27)23(31)29(22)19(17-30)16-18(4)5/h8,18-22,30H,2,7,9-17H2,1,3-6H3/t19-,20+,21+,22?,26-,27?/m1/s1. The molecule has 2 bridgehead atoms. The molecule has 0 radical (unpaired) electrons. The van der Waals surface area contributed by atoms with E-state index in [1.807, 2.05) is 11.8 Å². The van der Waals surface area contributed by atoms with Crippen molar-refractivity contribution in [2.75, 3.05) is 26.3 Å². The molecule has 3 rings (SSSR count).